The Bertz CT molecular complexity index is 2060. The Morgan fingerprint density at radius 2 is 0.440 bits per heavy atom. The van der Waals surface area contributed by atoms with Gasteiger partial charge in [-0.3, -0.25) is 0 Å². The zero-order valence-electron chi connectivity index (χ0n) is 28.2. The fourth-order valence-electron chi connectivity index (χ4n) is 4.73. The van der Waals surface area contributed by atoms with Gasteiger partial charge in [-0.15, -0.1) is 0 Å². The van der Waals surface area contributed by atoms with E-state index >= 15 is 0 Å². The first kappa shape index (κ1) is 33.2. The molecule has 0 N–H and O–H groups in total. The van der Waals surface area contributed by atoms with E-state index < -0.39 is 0 Å². The summed E-state index contributed by atoms with van der Waals surface area (Å²) in [5, 5.41) is 44.0. The third-order valence-electron chi connectivity index (χ3n) is 7.61. The summed E-state index contributed by atoms with van der Waals surface area (Å²) in [6.45, 7) is 7.94. The molecule has 50 heavy (non-hydrogen) atoms. The molecule has 6 aromatic rings. The second-order valence-corrected chi connectivity index (χ2v) is 11.6. The van der Waals surface area contributed by atoms with E-state index in [9.17, 15) is 0 Å². The average Bonchev–Trinajstić information content (AvgIpc) is 3.15. The topological polar surface area (TPSA) is 124 Å². The summed E-state index contributed by atoms with van der Waals surface area (Å²) in [7, 11) is 0. The number of azo groups is 5. The van der Waals surface area contributed by atoms with Crippen LogP contribution in [0.25, 0.3) is 0 Å². The number of benzene rings is 6. The minimum absolute atomic E-state index is 0.700. The standard InChI is InChI=1S/C40H34N10/c1-27-25-39(29(3)23-37(27)47-43-31-11-7-5-8-12-31)49-45-35-19-15-33(16-20-35)41-42-34-17-21-36(22-18-34)46-50-40-26-28(2)38(24-30(40)4)48-44-32-13-9-6-10-14-32/h5-26H,1-4H3. The van der Waals surface area contributed by atoms with E-state index in [4.69, 9.17) is 0 Å². The predicted octanol–water partition coefficient (Wildman–Crippen LogP) is 15.0. The van der Waals surface area contributed by atoms with Gasteiger partial charge in [-0.1, -0.05) is 36.4 Å². The summed E-state index contributed by atoms with van der Waals surface area (Å²) >= 11 is 0. The zero-order valence-corrected chi connectivity index (χ0v) is 28.2. The molecule has 0 aliphatic rings. The molecule has 0 saturated carbocycles. The molecule has 0 aliphatic heterocycles. The van der Waals surface area contributed by atoms with Crippen molar-refractivity contribution in [1.29, 1.82) is 0 Å². The maximum Gasteiger partial charge on any atom is 0.0890 e. The van der Waals surface area contributed by atoms with Crippen molar-refractivity contribution in [3.8, 4) is 0 Å². The maximum absolute atomic E-state index is 4.47. The van der Waals surface area contributed by atoms with Crippen LogP contribution in [0, 0.1) is 27.7 Å². The normalized spacial score (nSPS) is 12.0. The van der Waals surface area contributed by atoms with Crippen LogP contribution in [0.3, 0.4) is 0 Å². The van der Waals surface area contributed by atoms with Crippen molar-refractivity contribution in [3.05, 3.63) is 156 Å². The van der Waals surface area contributed by atoms with Gasteiger partial charge in [0.15, 0.2) is 0 Å². The Morgan fingerprint density at radius 3 is 0.680 bits per heavy atom. The summed E-state index contributed by atoms with van der Waals surface area (Å²) in [6.07, 6.45) is 0. The van der Waals surface area contributed by atoms with Gasteiger partial charge in [0, 0.05) is 0 Å². The van der Waals surface area contributed by atoms with Gasteiger partial charge in [0.2, 0.25) is 0 Å². The minimum Gasteiger partial charge on any atom is -0.151 e. The van der Waals surface area contributed by atoms with E-state index in [0.29, 0.717) is 22.7 Å². The molecule has 10 heteroatoms. The molecule has 0 bridgehead atoms. The first-order valence-corrected chi connectivity index (χ1v) is 16.0. The molecule has 6 aromatic carbocycles. The van der Waals surface area contributed by atoms with E-state index in [1.807, 2.05) is 161 Å². The first-order valence-electron chi connectivity index (χ1n) is 16.0. The van der Waals surface area contributed by atoms with Crippen LogP contribution in [0.2, 0.25) is 0 Å². The minimum atomic E-state index is 0.700. The van der Waals surface area contributed by atoms with Crippen molar-refractivity contribution >= 4 is 56.9 Å². The van der Waals surface area contributed by atoms with E-state index in [-0.39, 0.29) is 0 Å². The molecule has 0 aliphatic carbocycles. The molecular weight excluding hydrogens is 621 g/mol. The number of hydrogen-bond acceptors (Lipinski definition) is 10. The van der Waals surface area contributed by atoms with Gasteiger partial charge in [0.1, 0.15) is 0 Å². The average molecular weight is 655 g/mol. The van der Waals surface area contributed by atoms with Crippen molar-refractivity contribution in [3.63, 3.8) is 0 Å². The van der Waals surface area contributed by atoms with Crippen molar-refractivity contribution in [2.45, 2.75) is 27.7 Å². The largest absolute Gasteiger partial charge is 0.151 e. The zero-order chi connectivity index (χ0) is 34.7. The molecule has 0 aromatic heterocycles. The number of rotatable bonds is 10. The smallest absolute Gasteiger partial charge is 0.0890 e. The molecule has 0 unspecified atom stereocenters. The van der Waals surface area contributed by atoms with Crippen LogP contribution in [-0.2, 0) is 0 Å². The number of hydrogen-bond donors (Lipinski definition) is 0. The SMILES string of the molecule is Cc1cc(N=Nc2ccc(N=Nc3ccc(N=Nc4cc(C)c(N=Nc5ccccc5)cc4C)cc3)cc2)c(C)cc1N=Nc1ccccc1. The number of aryl methyl sites for hydroxylation is 4. The molecule has 0 radical (unpaired) electrons. The molecule has 10 nitrogen and oxygen atoms in total. The van der Waals surface area contributed by atoms with E-state index in [0.717, 1.165) is 56.4 Å². The fraction of sp³-hybridized carbons (Fsp3) is 0.100. The fourth-order valence-corrected chi connectivity index (χ4v) is 4.73. The highest BCUT2D eigenvalue weighted by Crippen LogP contribution is 2.33. The predicted molar refractivity (Wildman–Crippen MR) is 198 cm³/mol. The molecule has 0 atom stereocenters. The highest BCUT2D eigenvalue weighted by atomic mass is 15.1. The van der Waals surface area contributed by atoms with Crippen LogP contribution in [0.4, 0.5) is 56.9 Å². The highest BCUT2D eigenvalue weighted by molar-refractivity contribution is 5.60. The van der Waals surface area contributed by atoms with Gasteiger partial charge in [0.05, 0.1) is 56.9 Å². The molecule has 0 amide bonds. The lowest BCUT2D eigenvalue weighted by Crippen LogP contribution is -1.79. The van der Waals surface area contributed by atoms with Crippen LogP contribution in [0.15, 0.2) is 185 Å². The highest BCUT2D eigenvalue weighted by Gasteiger charge is 2.06. The Hall–Kier alpha value is -6.68. The second-order valence-electron chi connectivity index (χ2n) is 11.6. The van der Waals surface area contributed by atoms with Crippen molar-refractivity contribution in [2.75, 3.05) is 0 Å². The van der Waals surface area contributed by atoms with Crippen molar-refractivity contribution in [2.24, 2.45) is 51.1 Å². The Kier molecular flexibility index (Phi) is 10.6. The van der Waals surface area contributed by atoms with E-state index in [1.165, 1.54) is 0 Å². The van der Waals surface area contributed by atoms with E-state index in [2.05, 4.69) is 51.1 Å². The second kappa shape index (κ2) is 15.9. The monoisotopic (exact) mass is 654 g/mol. The molecular formula is C40H34N10. The molecule has 0 fully saturated rings. The molecule has 244 valence electrons. The van der Waals surface area contributed by atoms with Gasteiger partial charge < -0.3 is 0 Å². The maximum atomic E-state index is 4.47. The van der Waals surface area contributed by atoms with Crippen LogP contribution < -0.4 is 0 Å². The van der Waals surface area contributed by atoms with Crippen molar-refractivity contribution < 1.29 is 0 Å². The van der Waals surface area contributed by atoms with Crippen LogP contribution in [0.5, 0.6) is 0 Å². The Morgan fingerprint density at radius 1 is 0.240 bits per heavy atom. The summed E-state index contributed by atoms with van der Waals surface area (Å²) in [5.74, 6) is 0. The lowest BCUT2D eigenvalue weighted by molar-refractivity contribution is 1.17. The quantitative estimate of drug-likeness (QED) is 0.130. The van der Waals surface area contributed by atoms with Gasteiger partial charge >= 0.3 is 0 Å². The molecule has 0 spiro atoms. The van der Waals surface area contributed by atoms with Crippen LogP contribution in [0.1, 0.15) is 22.3 Å². The van der Waals surface area contributed by atoms with Gasteiger partial charge in [-0.2, -0.15) is 51.1 Å². The summed E-state index contributed by atoms with van der Waals surface area (Å²) in [6, 6.07) is 42.0. The summed E-state index contributed by atoms with van der Waals surface area (Å²) < 4.78 is 0. The van der Waals surface area contributed by atoms with Gasteiger partial charge in [0.25, 0.3) is 0 Å². The Labute approximate surface area is 290 Å². The lowest BCUT2D eigenvalue weighted by Gasteiger charge is -2.04. The van der Waals surface area contributed by atoms with Crippen molar-refractivity contribution in [1.82, 2.24) is 0 Å². The number of nitrogens with zero attached hydrogens (tertiary/aromatic N) is 10. The van der Waals surface area contributed by atoms with E-state index in [1.54, 1.807) is 0 Å². The summed E-state index contributed by atoms with van der Waals surface area (Å²) in [4.78, 5) is 0. The third-order valence-corrected chi connectivity index (χ3v) is 7.61. The molecule has 6 rings (SSSR count). The van der Waals surface area contributed by atoms with Gasteiger partial charge in [-0.25, -0.2) is 0 Å². The third kappa shape index (κ3) is 9.02. The first-order chi connectivity index (χ1) is 24.4. The lowest BCUT2D eigenvalue weighted by atomic mass is 10.1. The summed E-state index contributed by atoms with van der Waals surface area (Å²) in [5.41, 5.74) is 11.4. The molecule has 0 saturated heterocycles. The van der Waals surface area contributed by atoms with Gasteiger partial charge in [-0.05, 0) is 147 Å². The molecule has 0 heterocycles. The van der Waals surface area contributed by atoms with Crippen LogP contribution >= 0.6 is 0 Å². The van der Waals surface area contributed by atoms with Crippen LogP contribution in [-0.4, -0.2) is 0 Å². The Balaban J connectivity index is 1.04.